The zero-order chi connectivity index (χ0) is 8.85. The first kappa shape index (κ1) is 10.6. The van der Waals surface area contributed by atoms with Crippen LogP contribution in [0.15, 0.2) is 11.1 Å². The van der Waals surface area contributed by atoms with Crippen molar-refractivity contribution < 1.29 is 9.50 Å². The lowest BCUT2D eigenvalue weighted by atomic mass is 9.95. The minimum absolute atomic E-state index is 0.00917. The van der Waals surface area contributed by atoms with Gasteiger partial charge in [0.05, 0.1) is 6.61 Å². The van der Waals surface area contributed by atoms with E-state index in [1.54, 1.807) is 6.92 Å². The highest BCUT2D eigenvalue weighted by atomic mass is 19.1. The zero-order valence-electron chi connectivity index (χ0n) is 7.52. The van der Waals surface area contributed by atoms with Gasteiger partial charge < -0.3 is 5.11 Å². The van der Waals surface area contributed by atoms with Gasteiger partial charge in [0.15, 0.2) is 0 Å². The van der Waals surface area contributed by atoms with E-state index >= 15 is 0 Å². The lowest BCUT2D eigenvalue weighted by Gasteiger charge is -2.13. The third-order valence-corrected chi connectivity index (χ3v) is 2.13. The molecule has 11 heavy (non-hydrogen) atoms. The van der Waals surface area contributed by atoms with Crippen molar-refractivity contribution in [2.45, 2.75) is 27.2 Å². The summed E-state index contributed by atoms with van der Waals surface area (Å²) in [5.41, 5.74) is 1.54. The van der Waals surface area contributed by atoms with Gasteiger partial charge in [-0.3, -0.25) is 0 Å². The molecule has 1 nitrogen and oxygen atoms in total. The molecule has 2 heteroatoms. The van der Waals surface area contributed by atoms with Gasteiger partial charge in [-0.2, -0.15) is 0 Å². The molecule has 0 rings (SSSR count). The van der Waals surface area contributed by atoms with E-state index in [0.717, 1.165) is 12.0 Å². The molecule has 0 unspecified atom stereocenters. The molecule has 0 aliphatic heterocycles. The fourth-order valence-electron chi connectivity index (χ4n) is 1.04. The van der Waals surface area contributed by atoms with Crippen LogP contribution in [0.4, 0.5) is 4.39 Å². The van der Waals surface area contributed by atoms with Gasteiger partial charge in [-0.05, 0) is 30.4 Å². The molecule has 0 aliphatic rings. The topological polar surface area (TPSA) is 20.2 Å². The Balaban J connectivity index is 4.36. The van der Waals surface area contributed by atoms with E-state index in [2.05, 4.69) is 0 Å². The van der Waals surface area contributed by atoms with Crippen molar-refractivity contribution in [2.75, 3.05) is 13.3 Å². The normalized spacial score (nSPS) is 16.1. The van der Waals surface area contributed by atoms with E-state index in [0.29, 0.717) is 11.5 Å². The molecule has 0 aromatic carbocycles. The van der Waals surface area contributed by atoms with E-state index in [9.17, 15) is 4.39 Å². The van der Waals surface area contributed by atoms with Gasteiger partial charge in [-0.15, -0.1) is 0 Å². The molecular formula is C9H17FO. The first-order chi connectivity index (χ1) is 5.17. The molecule has 0 spiro atoms. The summed E-state index contributed by atoms with van der Waals surface area (Å²) in [5.74, 6) is 0.302. The second kappa shape index (κ2) is 5.30. The van der Waals surface area contributed by atoms with E-state index in [-0.39, 0.29) is 6.61 Å². The van der Waals surface area contributed by atoms with Gasteiger partial charge in [0, 0.05) is 0 Å². The number of allylic oxidation sites excluding steroid dienone is 1. The summed E-state index contributed by atoms with van der Waals surface area (Å²) >= 11 is 0. The number of aliphatic hydroxyl groups is 1. The van der Waals surface area contributed by atoms with Crippen LogP contribution in [0, 0.1) is 5.92 Å². The van der Waals surface area contributed by atoms with Crippen LogP contribution in [-0.2, 0) is 0 Å². The average molecular weight is 160 g/mol. The van der Waals surface area contributed by atoms with Crippen LogP contribution in [-0.4, -0.2) is 18.4 Å². The van der Waals surface area contributed by atoms with Crippen LogP contribution in [0.3, 0.4) is 0 Å². The van der Waals surface area contributed by atoms with Gasteiger partial charge in [-0.25, -0.2) is 4.39 Å². The van der Waals surface area contributed by atoms with Crippen molar-refractivity contribution in [3.05, 3.63) is 11.1 Å². The second-order valence-electron chi connectivity index (χ2n) is 2.91. The molecule has 0 saturated carbocycles. The van der Waals surface area contributed by atoms with E-state index in [4.69, 9.17) is 5.11 Å². The third kappa shape index (κ3) is 3.02. The predicted molar refractivity (Wildman–Crippen MR) is 45.2 cm³/mol. The fourth-order valence-corrected chi connectivity index (χ4v) is 1.04. The lowest BCUT2D eigenvalue weighted by Crippen LogP contribution is -2.06. The molecule has 0 heterocycles. The average Bonchev–Trinajstić information content (AvgIpc) is 2.05. The first-order valence-electron chi connectivity index (χ1n) is 4.02. The summed E-state index contributed by atoms with van der Waals surface area (Å²) in [4.78, 5) is 0. The van der Waals surface area contributed by atoms with Crippen molar-refractivity contribution in [3.63, 3.8) is 0 Å². The maximum atomic E-state index is 12.2. The fraction of sp³-hybridized carbons (Fsp3) is 0.778. The van der Waals surface area contributed by atoms with Crippen LogP contribution in [0.1, 0.15) is 27.2 Å². The van der Waals surface area contributed by atoms with E-state index in [1.807, 2.05) is 13.8 Å². The number of halogens is 1. The van der Waals surface area contributed by atoms with Crippen LogP contribution >= 0.6 is 0 Å². The first-order valence-corrected chi connectivity index (χ1v) is 4.02. The maximum absolute atomic E-state index is 12.2. The molecule has 66 valence electrons. The lowest BCUT2D eigenvalue weighted by molar-refractivity contribution is 0.311. The second-order valence-corrected chi connectivity index (χ2v) is 2.91. The number of aliphatic hydroxyl groups excluding tert-OH is 1. The molecule has 1 N–H and O–H groups in total. The summed E-state index contributed by atoms with van der Waals surface area (Å²) in [6.45, 7) is 5.32. The standard InChI is InChI=1S/C9H17FO/c1-4-7(2)9(6-11)8(3)5-10/h7,11H,4-6H2,1-3H3/b9-8+/t7-/m0/s1. The molecule has 0 aromatic heterocycles. The molecule has 0 aromatic rings. The van der Waals surface area contributed by atoms with Crippen molar-refractivity contribution in [3.8, 4) is 0 Å². The van der Waals surface area contributed by atoms with Gasteiger partial charge in [0.25, 0.3) is 0 Å². The Labute approximate surface area is 67.9 Å². The Kier molecular flexibility index (Phi) is 5.12. The molecule has 0 amide bonds. The van der Waals surface area contributed by atoms with Crippen LogP contribution in [0.25, 0.3) is 0 Å². The Morgan fingerprint density at radius 3 is 2.36 bits per heavy atom. The highest BCUT2D eigenvalue weighted by molar-refractivity contribution is 5.15. The Bertz CT molecular complexity index is 140. The van der Waals surface area contributed by atoms with Crippen molar-refractivity contribution in [1.29, 1.82) is 0 Å². The molecule has 0 saturated heterocycles. The van der Waals surface area contributed by atoms with E-state index < -0.39 is 6.67 Å². The quantitative estimate of drug-likeness (QED) is 0.626. The number of alkyl halides is 1. The van der Waals surface area contributed by atoms with Crippen molar-refractivity contribution in [1.82, 2.24) is 0 Å². The summed E-state index contributed by atoms with van der Waals surface area (Å²) in [6.07, 6.45) is 0.952. The number of rotatable bonds is 4. The summed E-state index contributed by atoms with van der Waals surface area (Å²) in [6, 6.07) is 0. The largest absolute Gasteiger partial charge is 0.392 e. The van der Waals surface area contributed by atoms with Gasteiger partial charge >= 0.3 is 0 Å². The smallest absolute Gasteiger partial charge is 0.111 e. The third-order valence-electron chi connectivity index (χ3n) is 2.13. The van der Waals surface area contributed by atoms with Gasteiger partial charge in [0.2, 0.25) is 0 Å². The van der Waals surface area contributed by atoms with Crippen molar-refractivity contribution >= 4 is 0 Å². The summed E-state index contributed by atoms with van der Waals surface area (Å²) in [7, 11) is 0. The minimum Gasteiger partial charge on any atom is -0.392 e. The molecule has 0 aliphatic carbocycles. The highest BCUT2D eigenvalue weighted by Crippen LogP contribution is 2.17. The molecule has 0 fully saturated rings. The van der Waals surface area contributed by atoms with Crippen molar-refractivity contribution in [2.24, 2.45) is 5.92 Å². The molecule has 1 atom stereocenters. The Hall–Kier alpha value is -0.370. The zero-order valence-corrected chi connectivity index (χ0v) is 7.52. The SMILES string of the molecule is CC[C@H](C)/C(CO)=C(\C)CF. The monoisotopic (exact) mass is 160 g/mol. The Morgan fingerprint density at radius 1 is 1.55 bits per heavy atom. The highest BCUT2D eigenvalue weighted by Gasteiger charge is 2.08. The van der Waals surface area contributed by atoms with Crippen LogP contribution < -0.4 is 0 Å². The van der Waals surface area contributed by atoms with E-state index in [1.165, 1.54) is 0 Å². The molecular weight excluding hydrogens is 143 g/mol. The predicted octanol–water partition coefficient (Wildman–Crippen LogP) is 2.31. The Morgan fingerprint density at radius 2 is 2.09 bits per heavy atom. The molecule has 0 bridgehead atoms. The summed E-state index contributed by atoms with van der Waals surface area (Å²) in [5, 5.41) is 8.90. The summed E-state index contributed by atoms with van der Waals surface area (Å²) < 4.78 is 12.2. The minimum atomic E-state index is -0.444. The number of hydrogen-bond acceptors (Lipinski definition) is 1. The van der Waals surface area contributed by atoms with Crippen LogP contribution in [0.2, 0.25) is 0 Å². The molecule has 0 radical (unpaired) electrons. The van der Waals surface area contributed by atoms with Gasteiger partial charge in [0.1, 0.15) is 6.67 Å². The van der Waals surface area contributed by atoms with Crippen LogP contribution in [0.5, 0.6) is 0 Å². The maximum Gasteiger partial charge on any atom is 0.111 e. The van der Waals surface area contributed by atoms with Gasteiger partial charge in [-0.1, -0.05) is 13.8 Å². The number of hydrogen-bond donors (Lipinski definition) is 1.